The van der Waals surface area contributed by atoms with E-state index in [1.165, 1.54) is 0 Å². The lowest BCUT2D eigenvalue weighted by atomic mass is 9.90. The van der Waals surface area contributed by atoms with E-state index in [0.717, 1.165) is 42.6 Å². The Morgan fingerprint density at radius 1 is 1.26 bits per heavy atom. The summed E-state index contributed by atoms with van der Waals surface area (Å²) < 4.78 is 0. The molecule has 1 unspecified atom stereocenters. The number of amides is 2. The third-order valence-corrected chi connectivity index (χ3v) is 6.23. The lowest BCUT2D eigenvalue weighted by Gasteiger charge is -2.34. The van der Waals surface area contributed by atoms with Crippen molar-refractivity contribution in [3.05, 3.63) is 41.2 Å². The maximum Gasteiger partial charge on any atom is 0.242 e. The first-order valence-electron chi connectivity index (χ1n) is 10.8. The van der Waals surface area contributed by atoms with Crippen molar-refractivity contribution in [2.45, 2.75) is 31.6 Å². The molecule has 1 atom stereocenters. The molecule has 0 spiro atoms. The first-order valence-corrected chi connectivity index (χ1v) is 11.2. The lowest BCUT2D eigenvalue weighted by Crippen LogP contribution is -2.45. The molecule has 1 aromatic heterocycles. The highest BCUT2D eigenvalue weighted by Crippen LogP contribution is 2.34. The second-order valence-electron chi connectivity index (χ2n) is 8.47. The number of aromatic nitrogens is 2. The predicted octanol–water partition coefficient (Wildman–Crippen LogP) is 3.19. The molecule has 3 heterocycles. The van der Waals surface area contributed by atoms with E-state index in [1.807, 2.05) is 54.4 Å². The molecule has 0 bridgehead atoms. The Morgan fingerprint density at radius 3 is 2.81 bits per heavy atom. The van der Waals surface area contributed by atoms with Gasteiger partial charge in [0.25, 0.3) is 0 Å². The molecule has 4 rings (SSSR count). The minimum atomic E-state index is 0.0196. The molecule has 2 fully saturated rings. The van der Waals surface area contributed by atoms with Crippen LogP contribution < -0.4 is 4.90 Å². The van der Waals surface area contributed by atoms with Gasteiger partial charge in [-0.3, -0.25) is 9.59 Å². The number of carbonyl (C=O) groups excluding carboxylic acids is 2. The van der Waals surface area contributed by atoms with Gasteiger partial charge in [0.15, 0.2) is 0 Å². The van der Waals surface area contributed by atoms with E-state index in [2.05, 4.69) is 4.98 Å². The van der Waals surface area contributed by atoms with Gasteiger partial charge in [-0.2, -0.15) is 0 Å². The van der Waals surface area contributed by atoms with Crippen LogP contribution in [0.5, 0.6) is 0 Å². The third-order valence-electron chi connectivity index (χ3n) is 6.00. The smallest absolute Gasteiger partial charge is 0.242 e. The normalized spacial score (nSPS) is 19.1. The molecule has 0 saturated carbocycles. The molecule has 2 aliphatic heterocycles. The van der Waals surface area contributed by atoms with Gasteiger partial charge < -0.3 is 14.7 Å². The van der Waals surface area contributed by atoms with Crippen molar-refractivity contribution in [1.29, 1.82) is 0 Å². The molecule has 31 heavy (non-hydrogen) atoms. The number of benzene rings is 1. The number of likely N-dealkylation sites (tertiary alicyclic amines) is 2. The van der Waals surface area contributed by atoms with E-state index in [-0.39, 0.29) is 24.3 Å². The van der Waals surface area contributed by atoms with Crippen molar-refractivity contribution in [2.24, 2.45) is 0 Å². The summed E-state index contributed by atoms with van der Waals surface area (Å²) in [7, 11) is 3.84. The minimum absolute atomic E-state index is 0.0196. The average molecular weight is 442 g/mol. The summed E-state index contributed by atoms with van der Waals surface area (Å²) in [4.78, 5) is 39.7. The molecule has 2 aromatic rings. The standard InChI is InChI=1S/C23H28ClN5O2/c1-27(2)23-25-13-19(16-6-3-8-18(24)12-16)22(26-23)17-7-4-10-28(14-17)21(31)15-29-11-5-9-20(29)30/h3,6,8,12-13,17H,4-5,7,9-11,14-15H2,1-2H3. The average Bonchev–Trinajstić information content (AvgIpc) is 3.17. The Morgan fingerprint density at radius 2 is 2.10 bits per heavy atom. The van der Waals surface area contributed by atoms with Crippen LogP contribution in [-0.4, -0.2) is 71.9 Å². The molecule has 7 nitrogen and oxygen atoms in total. The van der Waals surface area contributed by atoms with Gasteiger partial charge in [0.05, 0.1) is 12.2 Å². The molecule has 1 aromatic carbocycles. The SMILES string of the molecule is CN(C)c1ncc(-c2cccc(Cl)c2)c(C2CCCN(C(=O)CN3CCCC3=O)C2)n1. The van der Waals surface area contributed by atoms with Gasteiger partial charge in [0, 0.05) is 62.9 Å². The van der Waals surface area contributed by atoms with Crippen molar-refractivity contribution < 1.29 is 9.59 Å². The van der Waals surface area contributed by atoms with Crippen LogP contribution in [0.15, 0.2) is 30.5 Å². The number of hydrogen-bond donors (Lipinski definition) is 0. The summed E-state index contributed by atoms with van der Waals surface area (Å²) in [5.74, 6) is 0.845. The van der Waals surface area contributed by atoms with Crippen molar-refractivity contribution >= 4 is 29.4 Å². The van der Waals surface area contributed by atoms with Gasteiger partial charge in [-0.05, 0) is 37.0 Å². The maximum absolute atomic E-state index is 12.9. The number of nitrogens with zero attached hydrogens (tertiary/aromatic N) is 5. The largest absolute Gasteiger partial charge is 0.347 e. The first-order chi connectivity index (χ1) is 14.9. The molecule has 2 amide bonds. The summed E-state index contributed by atoms with van der Waals surface area (Å²) in [6, 6.07) is 7.70. The van der Waals surface area contributed by atoms with Gasteiger partial charge in [-0.25, -0.2) is 9.97 Å². The van der Waals surface area contributed by atoms with Crippen LogP contribution in [0.3, 0.4) is 0 Å². The van der Waals surface area contributed by atoms with Crippen LogP contribution in [0.1, 0.15) is 37.3 Å². The number of rotatable bonds is 5. The lowest BCUT2D eigenvalue weighted by molar-refractivity contribution is -0.139. The second-order valence-corrected chi connectivity index (χ2v) is 8.91. The van der Waals surface area contributed by atoms with Crippen LogP contribution in [-0.2, 0) is 9.59 Å². The van der Waals surface area contributed by atoms with E-state index in [0.29, 0.717) is 30.5 Å². The predicted molar refractivity (Wildman–Crippen MR) is 121 cm³/mol. The Hall–Kier alpha value is -2.67. The highest BCUT2D eigenvalue weighted by molar-refractivity contribution is 6.30. The summed E-state index contributed by atoms with van der Waals surface area (Å²) in [5.41, 5.74) is 2.86. The van der Waals surface area contributed by atoms with Crippen LogP contribution in [0, 0.1) is 0 Å². The molecular formula is C23H28ClN5O2. The molecule has 2 saturated heterocycles. The molecule has 0 aliphatic carbocycles. The maximum atomic E-state index is 12.9. The molecular weight excluding hydrogens is 414 g/mol. The van der Waals surface area contributed by atoms with Gasteiger partial charge in [0.1, 0.15) is 0 Å². The quantitative estimate of drug-likeness (QED) is 0.712. The Labute approximate surface area is 188 Å². The van der Waals surface area contributed by atoms with Gasteiger partial charge in [-0.15, -0.1) is 0 Å². The summed E-state index contributed by atoms with van der Waals surface area (Å²) >= 11 is 6.24. The number of carbonyl (C=O) groups is 2. The van der Waals surface area contributed by atoms with Crippen molar-refractivity contribution in [1.82, 2.24) is 19.8 Å². The molecule has 0 N–H and O–H groups in total. The zero-order valence-electron chi connectivity index (χ0n) is 18.1. The first kappa shape index (κ1) is 21.6. The number of piperidine rings is 1. The van der Waals surface area contributed by atoms with Crippen LogP contribution in [0.4, 0.5) is 5.95 Å². The Kier molecular flexibility index (Phi) is 6.41. The Bertz CT molecular complexity index is 980. The van der Waals surface area contributed by atoms with Gasteiger partial charge in [-0.1, -0.05) is 23.7 Å². The zero-order valence-corrected chi connectivity index (χ0v) is 18.8. The van der Waals surface area contributed by atoms with Crippen LogP contribution in [0.25, 0.3) is 11.1 Å². The highest BCUT2D eigenvalue weighted by atomic mass is 35.5. The fraction of sp³-hybridized carbons (Fsp3) is 0.478. The minimum Gasteiger partial charge on any atom is -0.347 e. The molecule has 2 aliphatic rings. The topological polar surface area (TPSA) is 69.6 Å². The Balaban J connectivity index is 1.60. The van der Waals surface area contributed by atoms with E-state index >= 15 is 0 Å². The summed E-state index contributed by atoms with van der Waals surface area (Å²) in [5, 5.41) is 0.663. The van der Waals surface area contributed by atoms with E-state index in [4.69, 9.17) is 16.6 Å². The molecule has 8 heteroatoms. The summed E-state index contributed by atoms with van der Waals surface area (Å²) in [6.07, 6.45) is 5.09. The fourth-order valence-electron chi connectivity index (χ4n) is 4.35. The fourth-order valence-corrected chi connectivity index (χ4v) is 4.54. The number of hydrogen-bond acceptors (Lipinski definition) is 5. The van der Waals surface area contributed by atoms with E-state index < -0.39 is 0 Å². The van der Waals surface area contributed by atoms with Crippen molar-refractivity contribution in [3.63, 3.8) is 0 Å². The van der Waals surface area contributed by atoms with Gasteiger partial charge in [0.2, 0.25) is 17.8 Å². The zero-order chi connectivity index (χ0) is 22.0. The highest BCUT2D eigenvalue weighted by Gasteiger charge is 2.30. The van der Waals surface area contributed by atoms with Crippen molar-refractivity contribution in [3.8, 4) is 11.1 Å². The molecule has 0 radical (unpaired) electrons. The van der Waals surface area contributed by atoms with E-state index in [1.54, 1.807) is 4.90 Å². The van der Waals surface area contributed by atoms with E-state index in [9.17, 15) is 9.59 Å². The monoisotopic (exact) mass is 441 g/mol. The van der Waals surface area contributed by atoms with Crippen molar-refractivity contribution in [2.75, 3.05) is 45.2 Å². The number of halogens is 1. The van der Waals surface area contributed by atoms with Crippen LogP contribution in [0.2, 0.25) is 5.02 Å². The third kappa shape index (κ3) is 4.82. The number of anilines is 1. The second kappa shape index (κ2) is 9.22. The summed E-state index contributed by atoms with van der Waals surface area (Å²) in [6.45, 7) is 2.17. The van der Waals surface area contributed by atoms with Gasteiger partial charge >= 0.3 is 0 Å². The van der Waals surface area contributed by atoms with Crippen LogP contribution >= 0.6 is 11.6 Å². The molecule has 164 valence electrons.